The summed E-state index contributed by atoms with van der Waals surface area (Å²) in [6.07, 6.45) is 0.958. The highest BCUT2D eigenvalue weighted by molar-refractivity contribution is 7.19. The molecule has 7 heteroatoms. The molecule has 1 unspecified atom stereocenters. The van der Waals surface area contributed by atoms with E-state index in [4.69, 9.17) is 4.74 Å². The minimum atomic E-state index is 0.234. The Labute approximate surface area is 118 Å². The molecule has 102 valence electrons. The maximum Gasteiger partial charge on any atom is 0.234 e. The van der Waals surface area contributed by atoms with Gasteiger partial charge >= 0.3 is 0 Å². The van der Waals surface area contributed by atoms with E-state index in [9.17, 15) is 5.11 Å². The monoisotopic (exact) mass is 288 g/mol. The summed E-state index contributed by atoms with van der Waals surface area (Å²) >= 11 is 1.47. The van der Waals surface area contributed by atoms with E-state index in [2.05, 4.69) is 15.3 Å². The number of aromatic nitrogens is 4. The molecule has 4 rings (SSSR count). The van der Waals surface area contributed by atoms with Crippen molar-refractivity contribution in [3.8, 4) is 16.3 Å². The summed E-state index contributed by atoms with van der Waals surface area (Å²) < 4.78 is 7.19. The first-order valence-corrected chi connectivity index (χ1v) is 7.22. The molecule has 0 saturated carbocycles. The van der Waals surface area contributed by atoms with E-state index < -0.39 is 0 Å². The normalized spacial score (nSPS) is 18.9. The maximum absolute atomic E-state index is 9.55. The molecular formula is C13H12N4O2S. The molecule has 0 bridgehead atoms. The first kappa shape index (κ1) is 11.8. The van der Waals surface area contributed by atoms with Crippen LogP contribution < -0.4 is 0 Å². The minimum absolute atomic E-state index is 0.234. The number of phenols is 1. The van der Waals surface area contributed by atoms with Crippen molar-refractivity contribution in [1.29, 1.82) is 0 Å². The predicted molar refractivity (Wildman–Crippen MR) is 73.9 cm³/mol. The van der Waals surface area contributed by atoms with Crippen LogP contribution in [0.15, 0.2) is 24.3 Å². The van der Waals surface area contributed by atoms with Crippen molar-refractivity contribution in [2.24, 2.45) is 0 Å². The van der Waals surface area contributed by atoms with E-state index in [1.54, 1.807) is 22.7 Å². The van der Waals surface area contributed by atoms with Gasteiger partial charge in [-0.1, -0.05) is 23.5 Å². The van der Waals surface area contributed by atoms with Gasteiger partial charge in [-0.15, -0.1) is 10.2 Å². The number of fused-ring (bicyclic) bond motifs is 1. The fourth-order valence-corrected chi connectivity index (χ4v) is 3.22. The third-order valence-corrected chi connectivity index (χ3v) is 4.35. The number of rotatable bonds is 2. The second-order valence-electron chi connectivity index (χ2n) is 4.77. The Morgan fingerprint density at radius 2 is 2.30 bits per heavy atom. The average molecular weight is 288 g/mol. The van der Waals surface area contributed by atoms with Gasteiger partial charge in [0.2, 0.25) is 4.96 Å². The van der Waals surface area contributed by atoms with Gasteiger partial charge in [-0.05, 0) is 18.6 Å². The summed E-state index contributed by atoms with van der Waals surface area (Å²) in [7, 11) is 0. The molecule has 6 nitrogen and oxygen atoms in total. The van der Waals surface area contributed by atoms with Crippen LogP contribution in [0, 0.1) is 0 Å². The number of hydrogen-bond acceptors (Lipinski definition) is 6. The lowest BCUT2D eigenvalue weighted by Gasteiger charge is -2.01. The largest absolute Gasteiger partial charge is 0.508 e. The van der Waals surface area contributed by atoms with Gasteiger partial charge in [0.1, 0.15) is 10.8 Å². The van der Waals surface area contributed by atoms with Crippen molar-refractivity contribution in [1.82, 2.24) is 19.8 Å². The molecule has 1 aliphatic rings. The smallest absolute Gasteiger partial charge is 0.234 e. The van der Waals surface area contributed by atoms with Crippen LogP contribution in [0.5, 0.6) is 5.75 Å². The molecule has 3 aromatic rings. The number of aromatic hydroxyl groups is 1. The van der Waals surface area contributed by atoms with Gasteiger partial charge in [0.25, 0.3) is 0 Å². The van der Waals surface area contributed by atoms with Crippen molar-refractivity contribution in [3.63, 3.8) is 0 Å². The van der Waals surface area contributed by atoms with Crippen molar-refractivity contribution in [2.45, 2.75) is 12.3 Å². The molecule has 1 saturated heterocycles. The van der Waals surface area contributed by atoms with E-state index in [-0.39, 0.29) is 11.7 Å². The number of phenolic OH excluding ortho intramolecular Hbond substituents is 1. The lowest BCUT2D eigenvalue weighted by Crippen LogP contribution is -2.04. The molecule has 1 fully saturated rings. The highest BCUT2D eigenvalue weighted by atomic mass is 32.1. The quantitative estimate of drug-likeness (QED) is 0.781. The molecule has 1 aliphatic heterocycles. The zero-order valence-corrected chi connectivity index (χ0v) is 11.4. The van der Waals surface area contributed by atoms with Gasteiger partial charge in [-0.3, -0.25) is 0 Å². The predicted octanol–water partition coefficient (Wildman–Crippen LogP) is 2.06. The maximum atomic E-state index is 9.55. The first-order chi connectivity index (χ1) is 9.81. The Kier molecular flexibility index (Phi) is 2.68. The Morgan fingerprint density at radius 1 is 1.35 bits per heavy atom. The van der Waals surface area contributed by atoms with Gasteiger partial charge in [-0.2, -0.15) is 9.61 Å². The summed E-state index contributed by atoms with van der Waals surface area (Å²) in [5.41, 5.74) is 0.883. The number of ether oxygens (including phenoxy) is 1. The average Bonchev–Trinajstić information content (AvgIpc) is 3.14. The number of benzene rings is 1. The van der Waals surface area contributed by atoms with Gasteiger partial charge < -0.3 is 9.84 Å². The fourth-order valence-electron chi connectivity index (χ4n) is 2.38. The second kappa shape index (κ2) is 4.53. The van der Waals surface area contributed by atoms with Crippen LogP contribution in [0.4, 0.5) is 0 Å². The summed E-state index contributed by atoms with van der Waals surface area (Å²) in [6.45, 7) is 1.45. The lowest BCUT2D eigenvalue weighted by molar-refractivity contribution is 0.193. The fraction of sp³-hybridized carbons (Fsp3) is 0.308. The van der Waals surface area contributed by atoms with Gasteiger partial charge in [0.15, 0.2) is 5.82 Å². The van der Waals surface area contributed by atoms with Gasteiger partial charge in [0.05, 0.1) is 6.61 Å². The SMILES string of the molecule is Oc1cccc(-c2nn3c(C4CCOC4)nnc3s2)c1. The first-order valence-electron chi connectivity index (χ1n) is 6.40. The molecule has 3 heterocycles. The molecule has 20 heavy (non-hydrogen) atoms. The number of hydrogen-bond donors (Lipinski definition) is 1. The molecule has 2 aromatic heterocycles. The van der Waals surface area contributed by atoms with Crippen molar-refractivity contribution < 1.29 is 9.84 Å². The van der Waals surface area contributed by atoms with E-state index >= 15 is 0 Å². The van der Waals surface area contributed by atoms with Gasteiger partial charge in [-0.25, -0.2) is 0 Å². The zero-order valence-electron chi connectivity index (χ0n) is 10.6. The zero-order chi connectivity index (χ0) is 13.5. The molecule has 1 atom stereocenters. The molecule has 0 aliphatic carbocycles. The van der Waals surface area contributed by atoms with E-state index in [0.29, 0.717) is 6.61 Å². The third kappa shape index (κ3) is 1.86. The van der Waals surface area contributed by atoms with Crippen molar-refractivity contribution >= 4 is 16.3 Å². The van der Waals surface area contributed by atoms with Crippen LogP contribution in [0.1, 0.15) is 18.2 Å². The lowest BCUT2D eigenvalue weighted by atomic mass is 10.1. The second-order valence-corrected chi connectivity index (χ2v) is 5.73. The van der Waals surface area contributed by atoms with Crippen LogP contribution in [0.3, 0.4) is 0 Å². The van der Waals surface area contributed by atoms with E-state index in [1.807, 2.05) is 6.07 Å². The van der Waals surface area contributed by atoms with E-state index in [1.165, 1.54) is 11.3 Å². The standard InChI is InChI=1S/C13H12N4O2S/c18-10-3-1-2-8(6-10)12-16-17-11(9-4-5-19-7-9)14-15-13(17)20-12/h1-3,6,9,18H,4-5,7H2. The summed E-state index contributed by atoms with van der Waals surface area (Å²) in [6, 6.07) is 7.07. The molecular weight excluding hydrogens is 276 g/mol. The topological polar surface area (TPSA) is 72.5 Å². The van der Waals surface area contributed by atoms with Crippen LogP contribution in [0.25, 0.3) is 15.5 Å². The molecule has 1 aromatic carbocycles. The Bertz CT molecular complexity index is 761. The summed E-state index contributed by atoms with van der Waals surface area (Å²) in [4.78, 5) is 0.769. The molecule has 0 amide bonds. The minimum Gasteiger partial charge on any atom is -0.508 e. The van der Waals surface area contributed by atoms with Crippen LogP contribution in [0.2, 0.25) is 0 Å². The molecule has 0 radical (unpaired) electrons. The van der Waals surface area contributed by atoms with E-state index in [0.717, 1.165) is 34.4 Å². The van der Waals surface area contributed by atoms with Crippen LogP contribution >= 0.6 is 11.3 Å². The van der Waals surface area contributed by atoms with Crippen LogP contribution in [-0.4, -0.2) is 38.1 Å². The summed E-state index contributed by atoms with van der Waals surface area (Å²) in [5.74, 6) is 1.36. The Morgan fingerprint density at radius 3 is 3.10 bits per heavy atom. The number of nitrogens with zero attached hydrogens (tertiary/aromatic N) is 4. The Hall–Kier alpha value is -1.99. The highest BCUT2D eigenvalue weighted by Crippen LogP contribution is 2.30. The van der Waals surface area contributed by atoms with Gasteiger partial charge in [0, 0.05) is 18.1 Å². The Balaban J connectivity index is 1.79. The highest BCUT2D eigenvalue weighted by Gasteiger charge is 2.25. The third-order valence-electron chi connectivity index (χ3n) is 3.40. The summed E-state index contributed by atoms with van der Waals surface area (Å²) in [5, 5.41) is 23.4. The van der Waals surface area contributed by atoms with Crippen molar-refractivity contribution in [2.75, 3.05) is 13.2 Å². The molecule has 0 spiro atoms. The van der Waals surface area contributed by atoms with Crippen LogP contribution in [-0.2, 0) is 4.74 Å². The molecule has 1 N–H and O–H groups in total. The van der Waals surface area contributed by atoms with Crippen molar-refractivity contribution in [3.05, 3.63) is 30.1 Å².